The smallest absolute Gasteiger partial charge is 0.180 e. The van der Waals surface area contributed by atoms with E-state index in [-0.39, 0.29) is 5.75 Å². The van der Waals surface area contributed by atoms with Gasteiger partial charge in [0.25, 0.3) is 0 Å². The Hall–Kier alpha value is -2.58. The number of aromatic nitrogens is 1. The van der Waals surface area contributed by atoms with E-state index in [1.807, 2.05) is 19.1 Å². The van der Waals surface area contributed by atoms with E-state index in [0.29, 0.717) is 21.5 Å². The largest absolute Gasteiger partial charge is 0.508 e. The zero-order valence-electron chi connectivity index (χ0n) is 13.6. The van der Waals surface area contributed by atoms with E-state index in [2.05, 4.69) is 9.71 Å². The fraction of sp³-hybridized carbons (Fsp3) is 0.118. The number of hydrogen-bond donors (Lipinski definition) is 3. The molecule has 2 aromatic carbocycles. The number of nitrogens with two attached hydrogens (primary N) is 1. The first kappa shape index (κ1) is 17.2. The number of anilines is 2. The molecular weight excluding hydrogens is 358 g/mol. The van der Waals surface area contributed by atoms with Crippen LogP contribution in [0.1, 0.15) is 5.69 Å². The molecule has 0 aliphatic carbocycles. The summed E-state index contributed by atoms with van der Waals surface area (Å²) in [7, 11) is -0.00603. The fourth-order valence-electron chi connectivity index (χ4n) is 2.34. The molecule has 25 heavy (non-hydrogen) atoms. The molecule has 0 amide bonds. The van der Waals surface area contributed by atoms with E-state index in [1.165, 1.54) is 30.6 Å². The summed E-state index contributed by atoms with van der Waals surface area (Å²) in [5.41, 5.74) is 8.11. The highest BCUT2D eigenvalue weighted by molar-refractivity contribution is 7.86. The van der Waals surface area contributed by atoms with Crippen LogP contribution < -0.4 is 15.2 Å². The minimum atomic E-state index is -1.54. The summed E-state index contributed by atoms with van der Waals surface area (Å²) in [5.74, 6) is 0.665. The van der Waals surface area contributed by atoms with Crippen molar-refractivity contribution < 1.29 is 14.1 Å². The van der Waals surface area contributed by atoms with Gasteiger partial charge in [-0.3, -0.25) is 0 Å². The number of aryl methyl sites for hydroxylation is 1. The number of hydrogen-bond acceptors (Lipinski definition) is 6. The molecule has 8 heteroatoms. The van der Waals surface area contributed by atoms with Crippen LogP contribution >= 0.6 is 11.3 Å². The molecule has 3 aromatic rings. The average molecular weight is 375 g/mol. The quantitative estimate of drug-likeness (QED) is 0.593. The van der Waals surface area contributed by atoms with Crippen molar-refractivity contribution >= 4 is 33.1 Å². The molecule has 1 heterocycles. The summed E-state index contributed by atoms with van der Waals surface area (Å²) < 4.78 is 21.0. The van der Waals surface area contributed by atoms with Crippen molar-refractivity contribution in [1.82, 2.24) is 4.98 Å². The van der Waals surface area contributed by atoms with E-state index < -0.39 is 11.0 Å². The average Bonchev–Trinajstić information content (AvgIpc) is 2.94. The standard InChI is InChI=1S/C17H17N3O3S2/c1-10-16(24-17(18)19-10)11-3-8-14(23-2)15(9-11)25(22)20-12-4-6-13(21)7-5-12/h3-9,20-21H,1-2H3,(H2,18,19). The molecule has 0 bridgehead atoms. The van der Waals surface area contributed by atoms with Gasteiger partial charge >= 0.3 is 0 Å². The van der Waals surface area contributed by atoms with E-state index in [0.717, 1.165) is 16.1 Å². The molecule has 6 nitrogen and oxygen atoms in total. The summed E-state index contributed by atoms with van der Waals surface area (Å²) >= 11 is 1.39. The highest BCUT2D eigenvalue weighted by Crippen LogP contribution is 2.35. The molecule has 1 unspecified atom stereocenters. The van der Waals surface area contributed by atoms with Crippen LogP contribution in [0.5, 0.6) is 11.5 Å². The second-order valence-corrected chi connectivity index (χ2v) is 7.46. The summed E-state index contributed by atoms with van der Waals surface area (Å²) in [6.07, 6.45) is 0. The first-order valence-corrected chi connectivity index (χ1v) is 9.33. The number of aromatic hydroxyl groups is 1. The monoisotopic (exact) mass is 375 g/mol. The van der Waals surface area contributed by atoms with Gasteiger partial charge in [0, 0.05) is 5.69 Å². The first-order valence-electron chi connectivity index (χ1n) is 7.36. The lowest BCUT2D eigenvalue weighted by Crippen LogP contribution is -2.06. The normalized spacial score (nSPS) is 11.9. The zero-order valence-corrected chi connectivity index (χ0v) is 15.3. The summed E-state index contributed by atoms with van der Waals surface area (Å²) in [6.45, 7) is 1.89. The van der Waals surface area contributed by atoms with Crippen molar-refractivity contribution in [3.8, 4) is 21.9 Å². The molecule has 0 aliphatic heterocycles. The highest BCUT2D eigenvalue weighted by Gasteiger charge is 2.15. The van der Waals surface area contributed by atoms with Gasteiger partial charge in [-0.05, 0) is 55.0 Å². The van der Waals surface area contributed by atoms with Gasteiger partial charge in [-0.1, -0.05) is 11.3 Å². The number of ether oxygens (including phenoxy) is 1. The lowest BCUT2D eigenvalue weighted by atomic mass is 10.1. The van der Waals surface area contributed by atoms with Gasteiger partial charge in [0.1, 0.15) is 16.4 Å². The lowest BCUT2D eigenvalue weighted by molar-refractivity contribution is 0.404. The number of nitrogens with one attached hydrogen (secondary N) is 1. The molecule has 3 rings (SSSR count). The number of nitrogen functional groups attached to an aromatic ring is 1. The minimum Gasteiger partial charge on any atom is -0.508 e. The van der Waals surface area contributed by atoms with Crippen LogP contribution in [0.15, 0.2) is 47.4 Å². The van der Waals surface area contributed by atoms with E-state index in [1.54, 1.807) is 18.2 Å². The molecule has 1 atom stereocenters. The minimum absolute atomic E-state index is 0.147. The second-order valence-electron chi connectivity index (χ2n) is 5.25. The van der Waals surface area contributed by atoms with Gasteiger partial charge in [-0.2, -0.15) is 0 Å². The third-order valence-electron chi connectivity index (χ3n) is 3.52. The summed E-state index contributed by atoms with van der Waals surface area (Å²) in [5, 5.41) is 9.84. The Morgan fingerprint density at radius 3 is 2.56 bits per heavy atom. The molecule has 0 saturated carbocycles. The molecule has 0 spiro atoms. The molecule has 0 fully saturated rings. The highest BCUT2D eigenvalue weighted by atomic mass is 32.2. The summed E-state index contributed by atoms with van der Waals surface area (Å²) in [4.78, 5) is 5.68. The maximum absolute atomic E-state index is 12.8. The molecule has 0 radical (unpaired) electrons. The van der Waals surface area contributed by atoms with Crippen molar-refractivity contribution in [2.24, 2.45) is 0 Å². The molecule has 1 aromatic heterocycles. The molecular formula is C17H17N3O3S2. The number of rotatable bonds is 5. The zero-order chi connectivity index (χ0) is 18.0. The Balaban J connectivity index is 1.96. The number of benzene rings is 2. The third kappa shape index (κ3) is 3.75. The van der Waals surface area contributed by atoms with Gasteiger partial charge in [-0.25, -0.2) is 9.19 Å². The third-order valence-corrected chi connectivity index (χ3v) is 5.69. The predicted octanol–water partition coefficient (Wildman–Crippen LogP) is 3.55. The molecule has 4 N–H and O–H groups in total. The van der Waals surface area contributed by atoms with E-state index in [9.17, 15) is 9.32 Å². The van der Waals surface area contributed by atoms with E-state index >= 15 is 0 Å². The van der Waals surface area contributed by atoms with Crippen molar-refractivity contribution in [2.75, 3.05) is 17.6 Å². The second kappa shape index (κ2) is 7.12. The van der Waals surface area contributed by atoms with Gasteiger partial charge in [0.15, 0.2) is 16.1 Å². The van der Waals surface area contributed by atoms with Crippen LogP contribution in [-0.2, 0) is 11.0 Å². The van der Waals surface area contributed by atoms with Crippen LogP contribution in [0, 0.1) is 6.92 Å². The molecule has 130 valence electrons. The Kier molecular flexibility index (Phi) is 4.91. The Bertz CT molecular complexity index is 923. The number of thiazole rings is 1. The predicted molar refractivity (Wildman–Crippen MR) is 101 cm³/mol. The van der Waals surface area contributed by atoms with Crippen LogP contribution in [0.4, 0.5) is 10.8 Å². The molecule has 0 aliphatic rings. The maximum atomic E-state index is 12.8. The number of methoxy groups -OCH3 is 1. The SMILES string of the molecule is COc1ccc(-c2sc(N)nc2C)cc1S(=O)Nc1ccc(O)cc1. The number of phenolic OH excluding ortho intramolecular Hbond substituents is 1. The van der Waals surface area contributed by atoms with Crippen LogP contribution in [-0.4, -0.2) is 21.4 Å². The Labute approximate surface area is 151 Å². The van der Waals surface area contributed by atoms with Crippen LogP contribution in [0.3, 0.4) is 0 Å². The van der Waals surface area contributed by atoms with Crippen molar-refractivity contribution in [1.29, 1.82) is 0 Å². The lowest BCUT2D eigenvalue weighted by Gasteiger charge is -2.12. The van der Waals surface area contributed by atoms with Crippen molar-refractivity contribution in [2.45, 2.75) is 11.8 Å². The van der Waals surface area contributed by atoms with Crippen molar-refractivity contribution in [3.63, 3.8) is 0 Å². The van der Waals surface area contributed by atoms with Crippen molar-refractivity contribution in [3.05, 3.63) is 48.2 Å². The van der Waals surface area contributed by atoms with Crippen LogP contribution in [0.2, 0.25) is 0 Å². The van der Waals surface area contributed by atoms with Gasteiger partial charge in [0.05, 0.1) is 17.7 Å². The Morgan fingerprint density at radius 1 is 1.24 bits per heavy atom. The van der Waals surface area contributed by atoms with Gasteiger partial charge in [-0.15, -0.1) is 0 Å². The van der Waals surface area contributed by atoms with E-state index in [4.69, 9.17) is 10.5 Å². The first-order chi connectivity index (χ1) is 12.0. The van der Waals surface area contributed by atoms with Gasteiger partial charge in [0.2, 0.25) is 0 Å². The topological polar surface area (TPSA) is 97.5 Å². The summed E-state index contributed by atoms with van der Waals surface area (Å²) in [6, 6.07) is 11.8. The Morgan fingerprint density at radius 2 is 1.96 bits per heavy atom. The molecule has 0 saturated heterocycles. The maximum Gasteiger partial charge on any atom is 0.180 e. The van der Waals surface area contributed by atoms with Gasteiger partial charge < -0.3 is 20.3 Å². The number of phenols is 1. The fourth-order valence-corrected chi connectivity index (χ4v) is 4.20. The number of nitrogens with zero attached hydrogens (tertiary/aromatic N) is 1. The van der Waals surface area contributed by atoms with Crippen LogP contribution in [0.25, 0.3) is 10.4 Å².